The van der Waals surface area contributed by atoms with E-state index in [2.05, 4.69) is 13.8 Å². The molecule has 0 amide bonds. The van der Waals surface area contributed by atoms with Gasteiger partial charge < -0.3 is 6.92 Å². The van der Waals surface area contributed by atoms with Gasteiger partial charge >= 0.3 is 51.4 Å². The minimum Gasteiger partial charge on any atom is -0.343 e. The Morgan fingerprint density at radius 2 is 0.400 bits per heavy atom. The average molecular weight is 517 g/mol. The Kier molecular flexibility index (Phi) is 41.9. The molecule has 0 fully saturated rings. The van der Waals surface area contributed by atoms with E-state index in [9.17, 15) is 0 Å². The molecule has 0 unspecified atom stereocenters. The first kappa shape index (κ1) is 38.8. The van der Waals surface area contributed by atoms with Crippen LogP contribution in [0.5, 0.6) is 0 Å². The van der Waals surface area contributed by atoms with Crippen molar-refractivity contribution in [3.05, 3.63) is 6.92 Å². The predicted octanol–water partition coefficient (Wildman–Crippen LogP) is 10.3. The van der Waals surface area contributed by atoms with Crippen LogP contribution < -0.4 is 51.4 Å². The van der Waals surface area contributed by atoms with Gasteiger partial charge in [-0.3, -0.25) is 0 Å². The first-order valence-corrected chi connectivity index (χ1v) is 16.7. The first-order chi connectivity index (χ1) is 16.9. The number of hydrogen-bond donors (Lipinski definition) is 0. The quantitative estimate of drug-likeness (QED) is 0.0488. The van der Waals surface area contributed by atoms with E-state index in [1.54, 1.807) is 0 Å². The summed E-state index contributed by atoms with van der Waals surface area (Å²) in [5, 5.41) is 0. The fourth-order valence-corrected chi connectivity index (χ4v) is 5.38. The molecule has 206 valence electrons. The molecule has 0 aliphatic rings. The second-order valence-corrected chi connectivity index (χ2v) is 11.5. The summed E-state index contributed by atoms with van der Waals surface area (Å²) in [6, 6.07) is 0. The molecule has 0 atom stereocenters. The standard InChI is InChI=1S/C34H69.K/c1-3-5-7-9-11-13-15-17-19-21-23-25-27-29-31-33-34-32-30-28-26-24-22-20-18-16-14-12-10-8-6-4-2;/h1,3-34H2,2H3;/q-1;+1. The van der Waals surface area contributed by atoms with E-state index < -0.39 is 0 Å². The van der Waals surface area contributed by atoms with Crippen LogP contribution in [-0.2, 0) is 0 Å². The zero-order chi connectivity index (χ0) is 24.6. The van der Waals surface area contributed by atoms with E-state index in [0.717, 1.165) is 6.42 Å². The molecule has 0 nitrogen and oxygen atoms in total. The van der Waals surface area contributed by atoms with Crippen LogP contribution in [0.2, 0.25) is 0 Å². The van der Waals surface area contributed by atoms with Crippen LogP contribution in [-0.4, -0.2) is 0 Å². The number of rotatable bonds is 31. The van der Waals surface area contributed by atoms with Crippen molar-refractivity contribution in [2.45, 2.75) is 212 Å². The van der Waals surface area contributed by atoms with Crippen molar-refractivity contribution in [2.24, 2.45) is 0 Å². The summed E-state index contributed by atoms with van der Waals surface area (Å²) in [5.74, 6) is 0. The minimum absolute atomic E-state index is 0. The monoisotopic (exact) mass is 517 g/mol. The molecule has 0 aliphatic heterocycles. The summed E-state index contributed by atoms with van der Waals surface area (Å²) >= 11 is 0. The van der Waals surface area contributed by atoms with Crippen molar-refractivity contribution in [1.82, 2.24) is 0 Å². The first-order valence-electron chi connectivity index (χ1n) is 16.7. The summed E-state index contributed by atoms with van der Waals surface area (Å²) in [5.41, 5.74) is 0. The molecule has 0 aliphatic carbocycles. The van der Waals surface area contributed by atoms with Crippen molar-refractivity contribution in [1.29, 1.82) is 0 Å². The largest absolute Gasteiger partial charge is 1.00 e. The Morgan fingerprint density at radius 1 is 0.257 bits per heavy atom. The van der Waals surface area contributed by atoms with Gasteiger partial charge in [-0.2, -0.15) is 6.42 Å². The van der Waals surface area contributed by atoms with E-state index in [4.69, 9.17) is 0 Å². The van der Waals surface area contributed by atoms with Crippen molar-refractivity contribution in [3.8, 4) is 0 Å². The molecule has 0 spiro atoms. The Bertz CT molecular complexity index is 295. The SMILES string of the molecule is [CH2-]CCCCCCCCCCCCCCCCCCCCCCCCCCCCCCCCC.[K+]. The average Bonchev–Trinajstić information content (AvgIpc) is 2.85. The summed E-state index contributed by atoms with van der Waals surface area (Å²) in [6.45, 7) is 6.23. The van der Waals surface area contributed by atoms with Crippen LogP contribution in [0.15, 0.2) is 0 Å². The minimum atomic E-state index is 0. The Hall–Kier alpha value is 1.64. The summed E-state index contributed by atoms with van der Waals surface area (Å²) in [4.78, 5) is 0. The molecule has 0 radical (unpaired) electrons. The summed E-state index contributed by atoms with van der Waals surface area (Å²) in [7, 11) is 0. The third kappa shape index (κ3) is 37.9. The third-order valence-corrected chi connectivity index (χ3v) is 7.85. The molecular weight excluding hydrogens is 447 g/mol. The van der Waals surface area contributed by atoms with Gasteiger partial charge in [-0.15, -0.1) is 0 Å². The normalized spacial score (nSPS) is 11.1. The van der Waals surface area contributed by atoms with Crippen LogP contribution in [0.3, 0.4) is 0 Å². The van der Waals surface area contributed by atoms with Crippen molar-refractivity contribution in [3.63, 3.8) is 0 Å². The molecule has 1 heteroatoms. The zero-order valence-corrected chi connectivity index (χ0v) is 28.5. The van der Waals surface area contributed by atoms with Crippen LogP contribution >= 0.6 is 0 Å². The van der Waals surface area contributed by atoms with Crippen molar-refractivity contribution < 1.29 is 51.4 Å². The summed E-state index contributed by atoms with van der Waals surface area (Å²) < 4.78 is 0. The van der Waals surface area contributed by atoms with Crippen molar-refractivity contribution >= 4 is 0 Å². The molecule has 0 aromatic carbocycles. The van der Waals surface area contributed by atoms with Gasteiger partial charge in [0.25, 0.3) is 0 Å². The van der Waals surface area contributed by atoms with Gasteiger partial charge in [-0.25, -0.2) is 0 Å². The third-order valence-electron chi connectivity index (χ3n) is 7.85. The predicted molar refractivity (Wildman–Crippen MR) is 159 cm³/mol. The van der Waals surface area contributed by atoms with Crippen molar-refractivity contribution in [2.75, 3.05) is 0 Å². The van der Waals surface area contributed by atoms with E-state index in [1.807, 2.05) is 0 Å². The van der Waals surface area contributed by atoms with Gasteiger partial charge in [-0.05, 0) is 0 Å². The summed E-state index contributed by atoms with van der Waals surface area (Å²) in [6.07, 6.45) is 46.8. The molecule has 0 saturated carbocycles. The molecule has 0 saturated heterocycles. The second-order valence-electron chi connectivity index (χ2n) is 11.5. The van der Waals surface area contributed by atoms with E-state index in [0.29, 0.717) is 0 Å². The number of hydrogen-bond acceptors (Lipinski definition) is 0. The topological polar surface area (TPSA) is 0 Å². The maximum absolute atomic E-state index is 3.92. The van der Waals surface area contributed by atoms with Crippen LogP contribution in [0.25, 0.3) is 0 Å². The van der Waals surface area contributed by atoms with Gasteiger partial charge in [0.2, 0.25) is 0 Å². The molecule has 0 heterocycles. The van der Waals surface area contributed by atoms with E-state index >= 15 is 0 Å². The molecule has 0 aromatic rings. The van der Waals surface area contributed by atoms with Gasteiger partial charge in [0.05, 0.1) is 0 Å². The zero-order valence-electron chi connectivity index (χ0n) is 25.3. The van der Waals surface area contributed by atoms with Crippen LogP contribution in [0.1, 0.15) is 212 Å². The van der Waals surface area contributed by atoms with E-state index in [1.165, 1.54) is 199 Å². The Morgan fingerprint density at radius 3 is 0.543 bits per heavy atom. The fraction of sp³-hybridized carbons (Fsp3) is 0.971. The number of unbranched alkanes of at least 4 members (excludes halogenated alkanes) is 31. The van der Waals surface area contributed by atoms with Gasteiger partial charge in [0.1, 0.15) is 0 Å². The van der Waals surface area contributed by atoms with Gasteiger partial charge in [-0.1, -0.05) is 206 Å². The van der Waals surface area contributed by atoms with Crippen LogP contribution in [0, 0.1) is 6.92 Å². The smallest absolute Gasteiger partial charge is 0.343 e. The molecule has 0 rings (SSSR count). The Balaban J connectivity index is 0. The maximum Gasteiger partial charge on any atom is 1.00 e. The van der Waals surface area contributed by atoms with E-state index in [-0.39, 0.29) is 51.4 Å². The maximum atomic E-state index is 3.92. The molecule has 35 heavy (non-hydrogen) atoms. The second kappa shape index (κ2) is 37.8. The fourth-order valence-electron chi connectivity index (χ4n) is 5.38. The van der Waals surface area contributed by atoms with Gasteiger partial charge in [0, 0.05) is 0 Å². The van der Waals surface area contributed by atoms with Crippen LogP contribution in [0.4, 0.5) is 0 Å². The molecular formula is C34H69K. The Labute approximate surface area is 268 Å². The molecule has 0 N–H and O–H groups in total. The van der Waals surface area contributed by atoms with Gasteiger partial charge in [0.15, 0.2) is 0 Å². The molecule has 0 aromatic heterocycles. The molecule has 0 bridgehead atoms.